The predicted molar refractivity (Wildman–Crippen MR) is 85.1 cm³/mol. The Bertz CT molecular complexity index is 175. The molecule has 110 valence electrons. The van der Waals surface area contributed by atoms with Crippen LogP contribution in [0.2, 0.25) is 0 Å². The van der Waals surface area contributed by atoms with Crippen LogP contribution in [0.15, 0.2) is 0 Å². The fraction of sp³-hybridized carbons (Fsp3) is 1.00. The van der Waals surface area contributed by atoms with Gasteiger partial charge in [0.05, 0.1) is 5.34 Å². The number of rotatable bonds is 7. The average molecular weight is 275 g/mol. The first-order chi connectivity index (χ1) is 8.64. The number of hydrogen-bond acceptors (Lipinski definition) is 2. The molecule has 2 nitrogen and oxygen atoms in total. The summed E-state index contributed by atoms with van der Waals surface area (Å²) in [7, 11) is 2.59. The number of likely N-dealkylation sites (tertiary alicyclic amines) is 1. The molecule has 1 N–H and O–H groups in total. The van der Waals surface area contributed by atoms with Crippen molar-refractivity contribution >= 4 is 9.24 Å². The van der Waals surface area contributed by atoms with Crippen LogP contribution < -0.4 is 0 Å². The van der Waals surface area contributed by atoms with Gasteiger partial charge in [0.2, 0.25) is 0 Å². The molecule has 0 aliphatic carbocycles. The number of hydrogen-bond donors (Lipinski definition) is 1. The van der Waals surface area contributed by atoms with E-state index >= 15 is 0 Å². The van der Waals surface area contributed by atoms with Crippen LogP contribution in [-0.4, -0.2) is 35.0 Å². The lowest BCUT2D eigenvalue weighted by molar-refractivity contribution is 0.0530. The molecule has 1 saturated heterocycles. The topological polar surface area (TPSA) is 23.5 Å². The predicted octanol–water partition coefficient (Wildman–Crippen LogP) is 4.03. The highest BCUT2D eigenvalue weighted by Gasteiger charge is 2.26. The van der Waals surface area contributed by atoms with Gasteiger partial charge in [-0.3, -0.25) is 0 Å². The zero-order chi connectivity index (χ0) is 13.9. The van der Waals surface area contributed by atoms with Gasteiger partial charge in [-0.15, -0.1) is 9.24 Å². The van der Waals surface area contributed by atoms with Gasteiger partial charge in [0.1, 0.15) is 0 Å². The maximum absolute atomic E-state index is 9.80. The second-order valence-corrected chi connectivity index (χ2v) is 6.29. The van der Waals surface area contributed by atoms with Gasteiger partial charge in [0.25, 0.3) is 0 Å². The molecule has 0 bridgehead atoms. The van der Waals surface area contributed by atoms with E-state index in [2.05, 4.69) is 21.1 Å². The van der Waals surface area contributed by atoms with Gasteiger partial charge in [-0.1, -0.05) is 52.9 Å². The van der Waals surface area contributed by atoms with Crippen molar-refractivity contribution in [2.45, 2.75) is 77.5 Å². The Morgan fingerprint density at radius 3 is 2.06 bits per heavy atom. The summed E-state index contributed by atoms with van der Waals surface area (Å²) in [5.74, 6) is 0. The van der Waals surface area contributed by atoms with E-state index in [1.807, 2.05) is 13.8 Å². The molecule has 0 saturated carbocycles. The molecule has 0 spiro atoms. The number of aliphatic hydroxyl groups is 1. The Morgan fingerprint density at radius 1 is 1.00 bits per heavy atom. The van der Waals surface area contributed by atoms with E-state index in [4.69, 9.17) is 0 Å². The van der Waals surface area contributed by atoms with Crippen LogP contribution in [0, 0.1) is 0 Å². The van der Waals surface area contributed by atoms with E-state index in [-0.39, 0.29) is 0 Å². The summed E-state index contributed by atoms with van der Waals surface area (Å²) >= 11 is 0. The summed E-state index contributed by atoms with van der Waals surface area (Å²) < 4.78 is 0. The molecular weight excluding hydrogens is 241 g/mol. The Hall–Kier alpha value is 0.350. The van der Waals surface area contributed by atoms with Crippen LogP contribution in [0.1, 0.15) is 72.1 Å². The van der Waals surface area contributed by atoms with Crippen molar-refractivity contribution in [1.82, 2.24) is 4.90 Å². The van der Waals surface area contributed by atoms with E-state index < -0.39 is 5.34 Å². The third kappa shape index (κ3) is 9.30. The number of piperidine rings is 1. The molecule has 1 aliphatic heterocycles. The van der Waals surface area contributed by atoms with E-state index in [0.29, 0.717) is 0 Å². The van der Waals surface area contributed by atoms with Crippen molar-refractivity contribution in [3.05, 3.63) is 0 Å². The minimum atomic E-state index is -0.475. The molecule has 1 aliphatic rings. The first-order valence-corrected chi connectivity index (χ1v) is 8.45. The standard InChI is InChI=1S/C13H28NOP.C2H6/c1-2-3-4-5-6-7-10-14-11-8-13(15,16)9-12-14;1-2/h15H,2-12,16H2,1H3;1-2H3. The van der Waals surface area contributed by atoms with Gasteiger partial charge in [0.15, 0.2) is 0 Å². The molecule has 0 aromatic heterocycles. The lowest BCUT2D eigenvalue weighted by Crippen LogP contribution is -2.40. The molecule has 3 heteroatoms. The molecular formula is C15H34NOP. The van der Waals surface area contributed by atoms with Crippen LogP contribution in [0.5, 0.6) is 0 Å². The van der Waals surface area contributed by atoms with Gasteiger partial charge in [0, 0.05) is 13.1 Å². The smallest absolute Gasteiger partial charge is 0.0802 e. The van der Waals surface area contributed by atoms with Crippen molar-refractivity contribution in [2.75, 3.05) is 19.6 Å². The summed E-state index contributed by atoms with van der Waals surface area (Å²) in [4.78, 5) is 2.50. The van der Waals surface area contributed by atoms with Crippen LogP contribution in [-0.2, 0) is 0 Å². The minimum Gasteiger partial charge on any atom is -0.386 e. The van der Waals surface area contributed by atoms with Crippen LogP contribution in [0.3, 0.4) is 0 Å². The van der Waals surface area contributed by atoms with E-state index in [1.54, 1.807) is 0 Å². The second kappa shape index (κ2) is 11.2. The maximum Gasteiger partial charge on any atom is 0.0802 e. The summed E-state index contributed by atoms with van der Waals surface area (Å²) in [6.45, 7) is 9.62. The zero-order valence-corrected chi connectivity index (χ0v) is 13.9. The molecule has 1 heterocycles. The third-order valence-corrected chi connectivity index (χ3v) is 4.13. The van der Waals surface area contributed by atoms with E-state index in [1.165, 1.54) is 45.1 Å². The first kappa shape index (κ1) is 18.4. The molecule has 18 heavy (non-hydrogen) atoms. The summed E-state index contributed by atoms with van der Waals surface area (Å²) in [6, 6.07) is 0. The number of unbranched alkanes of at least 4 members (excludes halogenated alkanes) is 5. The maximum atomic E-state index is 9.80. The average Bonchev–Trinajstić information content (AvgIpc) is 2.38. The van der Waals surface area contributed by atoms with Crippen molar-refractivity contribution in [3.8, 4) is 0 Å². The zero-order valence-electron chi connectivity index (χ0n) is 12.7. The molecule has 1 fully saturated rings. The highest BCUT2D eigenvalue weighted by Crippen LogP contribution is 2.28. The highest BCUT2D eigenvalue weighted by molar-refractivity contribution is 7.18. The quantitative estimate of drug-likeness (QED) is 0.560. The third-order valence-electron chi connectivity index (χ3n) is 3.55. The molecule has 0 radical (unpaired) electrons. The van der Waals surface area contributed by atoms with Crippen LogP contribution in [0.4, 0.5) is 0 Å². The van der Waals surface area contributed by atoms with Crippen molar-refractivity contribution < 1.29 is 5.11 Å². The van der Waals surface area contributed by atoms with Gasteiger partial charge < -0.3 is 10.0 Å². The normalized spacial score (nSPS) is 19.2. The van der Waals surface area contributed by atoms with Crippen LogP contribution in [0.25, 0.3) is 0 Å². The Balaban J connectivity index is 0.00000137. The fourth-order valence-corrected chi connectivity index (χ4v) is 2.54. The lowest BCUT2D eigenvalue weighted by atomic mass is 10.1. The van der Waals surface area contributed by atoms with Gasteiger partial charge in [-0.25, -0.2) is 0 Å². The summed E-state index contributed by atoms with van der Waals surface area (Å²) in [5.41, 5.74) is 0. The molecule has 1 atom stereocenters. The summed E-state index contributed by atoms with van der Waals surface area (Å²) in [6.07, 6.45) is 10.1. The molecule has 0 aromatic carbocycles. The van der Waals surface area contributed by atoms with E-state index in [0.717, 1.165) is 25.9 Å². The Morgan fingerprint density at radius 2 is 1.50 bits per heavy atom. The molecule has 0 amide bonds. The van der Waals surface area contributed by atoms with Crippen molar-refractivity contribution in [2.24, 2.45) is 0 Å². The largest absolute Gasteiger partial charge is 0.386 e. The van der Waals surface area contributed by atoms with Crippen LogP contribution >= 0.6 is 9.24 Å². The second-order valence-electron chi connectivity index (χ2n) is 5.21. The Labute approximate surface area is 117 Å². The van der Waals surface area contributed by atoms with E-state index in [9.17, 15) is 5.11 Å². The highest BCUT2D eigenvalue weighted by atomic mass is 31.0. The summed E-state index contributed by atoms with van der Waals surface area (Å²) in [5, 5.41) is 9.32. The molecule has 1 rings (SSSR count). The van der Waals surface area contributed by atoms with Crippen molar-refractivity contribution in [1.29, 1.82) is 0 Å². The van der Waals surface area contributed by atoms with Gasteiger partial charge >= 0.3 is 0 Å². The molecule has 0 aromatic rings. The van der Waals surface area contributed by atoms with Crippen molar-refractivity contribution in [3.63, 3.8) is 0 Å². The SMILES string of the molecule is CC.CCCCCCCCN1CCC(O)(P)CC1. The Kier molecular flexibility index (Phi) is 11.4. The number of nitrogens with zero attached hydrogens (tertiary/aromatic N) is 1. The van der Waals surface area contributed by atoms with Gasteiger partial charge in [-0.2, -0.15) is 0 Å². The fourth-order valence-electron chi connectivity index (χ4n) is 2.28. The minimum absolute atomic E-state index is 0.475. The lowest BCUT2D eigenvalue weighted by Gasteiger charge is -2.35. The monoisotopic (exact) mass is 275 g/mol. The van der Waals surface area contributed by atoms with Gasteiger partial charge in [-0.05, 0) is 25.8 Å². The first-order valence-electron chi connectivity index (χ1n) is 7.88. The molecule has 1 unspecified atom stereocenters.